The maximum atomic E-state index is 13.3. The highest BCUT2D eigenvalue weighted by atomic mass is 19.4. The Kier molecular flexibility index (Phi) is 7.43. The zero-order chi connectivity index (χ0) is 24.2. The Bertz CT molecular complexity index is 1120. The number of carbonyl (C=O) groups is 1. The van der Waals surface area contributed by atoms with Crippen molar-refractivity contribution in [3.05, 3.63) is 70.6 Å². The van der Waals surface area contributed by atoms with Crippen molar-refractivity contribution >= 4 is 5.97 Å². The minimum absolute atomic E-state index is 0.000991. The molecule has 0 spiro atoms. The second kappa shape index (κ2) is 10.1. The SMILES string of the molecule is CCOC(Cc1ccc(OCc2nc(-c3ccccc3C(F)(F)F)oc2C)cc1C)C(=O)O. The molecule has 176 valence electrons. The molecule has 0 aliphatic carbocycles. The molecule has 1 N–H and O–H groups in total. The molecule has 0 amide bonds. The molecule has 6 nitrogen and oxygen atoms in total. The van der Waals surface area contributed by atoms with E-state index < -0.39 is 23.8 Å². The van der Waals surface area contributed by atoms with E-state index in [4.69, 9.17) is 13.9 Å². The standard InChI is InChI=1S/C24H24F3NO5/c1-4-31-21(23(29)30)12-16-9-10-17(11-14(16)2)32-13-20-15(3)33-22(28-20)18-7-5-6-8-19(18)24(25,26)27/h5-11,21H,4,12-13H2,1-3H3,(H,29,30). The number of aliphatic carboxylic acids is 1. The number of halogens is 3. The van der Waals surface area contributed by atoms with Gasteiger partial charge >= 0.3 is 12.1 Å². The van der Waals surface area contributed by atoms with Crippen LogP contribution in [-0.4, -0.2) is 28.8 Å². The number of hydrogen-bond donors (Lipinski definition) is 1. The van der Waals surface area contributed by atoms with E-state index in [9.17, 15) is 23.1 Å². The van der Waals surface area contributed by atoms with Gasteiger partial charge in [0.2, 0.25) is 5.89 Å². The Morgan fingerprint density at radius 2 is 1.91 bits per heavy atom. The summed E-state index contributed by atoms with van der Waals surface area (Å²) in [5.41, 5.74) is 1.06. The van der Waals surface area contributed by atoms with Crippen molar-refractivity contribution in [3.8, 4) is 17.2 Å². The predicted molar refractivity (Wildman–Crippen MR) is 114 cm³/mol. The van der Waals surface area contributed by atoms with Gasteiger partial charge in [-0.2, -0.15) is 13.2 Å². The van der Waals surface area contributed by atoms with Crippen LogP contribution in [0, 0.1) is 13.8 Å². The van der Waals surface area contributed by atoms with Gasteiger partial charge in [-0.1, -0.05) is 18.2 Å². The van der Waals surface area contributed by atoms with Crippen molar-refractivity contribution in [1.29, 1.82) is 0 Å². The van der Waals surface area contributed by atoms with Crippen molar-refractivity contribution < 1.29 is 37.0 Å². The lowest BCUT2D eigenvalue weighted by Crippen LogP contribution is -2.26. The normalized spacial score (nSPS) is 12.5. The maximum Gasteiger partial charge on any atom is 0.417 e. The van der Waals surface area contributed by atoms with Gasteiger partial charge in [0.05, 0.1) is 5.56 Å². The van der Waals surface area contributed by atoms with Crippen LogP contribution < -0.4 is 4.74 Å². The number of aromatic nitrogens is 1. The lowest BCUT2D eigenvalue weighted by Gasteiger charge is -2.15. The summed E-state index contributed by atoms with van der Waals surface area (Å²) in [4.78, 5) is 15.5. The third kappa shape index (κ3) is 5.92. The number of benzene rings is 2. The lowest BCUT2D eigenvalue weighted by atomic mass is 10.0. The third-order valence-electron chi connectivity index (χ3n) is 5.09. The van der Waals surface area contributed by atoms with E-state index in [2.05, 4.69) is 4.98 Å². The monoisotopic (exact) mass is 463 g/mol. The molecule has 3 rings (SSSR count). The van der Waals surface area contributed by atoms with Crippen LogP contribution in [0.4, 0.5) is 13.2 Å². The Balaban J connectivity index is 1.74. The van der Waals surface area contributed by atoms with Gasteiger partial charge in [0.25, 0.3) is 0 Å². The van der Waals surface area contributed by atoms with Gasteiger partial charge in [-0.3, -0.25) is 0 Å². The molecule has 0 saturated heterocycles. The molecular weight excluding hydrogens is 439 g/mol. The first kappa shape index (κ1) is 24.3. The average molecular weight is 463 g/mol. The topological polar surface area (TPSA) is 81.8 Å². The molecule has 3 aromatic rings. The Morgan fingerprint density at radius 1 is 1.18 bits per heavy atom. The van der Waals surface area contributed by atoms with Crippen molar-refractivity contribution in [3.63, 3.8) is 0 Å². The molecule has 0 aliphatic rings. The summed E-state index contributed by atoms with van der Waals surface area (Å²) < 4.78 is 56.5. The molecule has 9 heteroatoms. The van der Waals surface area contributed by atoms with Gasteiger partial charge in [-0.05, 0) is 56.2 Å². The Morgan fingerprint density at radius 3 is 2.55 bits per heavy atom. The first-order valence-electron chi connectivity index (χ1n) is 10.3. The van der Waals surface area contributed by atoms with E-state index in [1.807, 2.05) is 6.92 Å². The quantitative estimate of drug-likeness (QED) is 0.446. The number of ether oxygens (including phenoxy) is 2. The van der Waals surface area contributed by atoms with Gasteiger partial charge < -0.3 is 19.0 Å². The fourth-order valence-corrected chi connectivity index (χ4v) is 3.35. The number of aryl methyl sites for hydroxylation is 2. The summed E-state index contributed by atoms with van der Waals surface area (Å²) in [5.74, 6) is -0.280. The van der Waals surface area contributed by atoms with Gasteiger partial charge in [0, 0.05) is 18.6 Å². The van der Waals surface area contributed by atoms with E-state index in [1.165, 1.54) is 18.2 Å². The van der Waals surface area contributed by atoms with E-state index in [0.29, 0.717) is 23.8 Å². The first-order valence-corrected chi connectivity index (χ1v) is 10.3. The molecule has 33 heavy (non-hydrogen) atoms. The van der Waals surface area contributed by atoms with Crippen molar-refractivity contribution in [2.75, 3.05) is 6.61 Å². The van der Waals surface area contributed by atoms with Gasteiger partial charge in [0.1, 0.15) is 23.8 Å². The van der Waals surface area contributed by atoms with Crippen LogP contribution >= 0.6 is 0 Å². The maximum absolute atomic E-state index is 13.3. The number of oxazole rings is 1. The molecule has 0 fully saturated rings. The van der Waals surface area contributed by atoms with E-state index in [-0.39, 0.29) is 24.5 Å². The molecule has 0 saturated carbocycles. The zero-order valence-corrected chi connectivity index (χ0v) is 18.4. The fraction of sp³-hybridized carbons (Fsp3) is 0.333. The number of hydrogen-bond acceptors (Lipinski definition) is 5. The average Bonchev–Trinajstić information content (AvgIpc) is 3.13. The minimum atomic E-state index is -4.53. The summed E-state index contributed by atoms with van der Waals surface area (Å²) in [5, 5.41) is 9.27. The van der Waals surface area contributed by atoms with Crippen LogP contribution in [0.2, 0.25) is 0 Å². The highest BCUT2D eigenvalue weighted by molar-refractivity contribution is 5.72. The molecule has 1 unspecified atom stereocenters. The van der Waals surface area contributed by atoms with Gasteiger partial charge in [-0.15, -0.1) is 0 Å². The highest BCUT2D eigenvalue weighted by Crippen LogP contribution is 2.37. The largest absolute Gasteiger partial charge is 0.487 e. The van der Waals surface area contributed by atoms with E-state index >= 15 is 0 Å². The van der Waals surface area contributed by atoms with Crippen LogP contribution in [0.5, 0.6) is 5.75 Å². The van der Waals surface area contributed by atoms with Crippen LogP contribution in [0.25, 0.3) is 11.5 Å². The smallest absolute Gasteiger partial charge is 0.417 e. The lowest BCUT2D eigenvalue weighted by molar-refractivity contribution is -0.150. The summed E-state index contributed by atoms with van der Waals surface area (Å²) in [6.45, 7) is 5.47. The van der Waals surface area contributed by atoms with Gasteiger partial charge in [0.15, 0.2) is 6.10 Å². The van der Waals surface area contributed by atoms with Gasteiger partial charge in [-0.25, -0.2) is 9.78 Å². The molecule has 1 heterocycles. The molecule has 0 radical (unpaired) electrons. The highest BCUT2D eigenvalue weighted by Gasteiger charge is 2.34. The van der Waals surface area contributed by atoms with Crippen molar-refractivity contribution in [1.82, 2.24) is 4.98 Å². The second-order valence-corrected chi connectivity index (χ2v) is 7.43. The van der Waals surface area contributed by atoms with E-state index in [1.54, 1.807) is 32.0 Å². The first-order chi connectivity index (χ1) is 15.6. The zero-order valence-electron chi connectivity index (χ0n) is 18.4. The molecule has 1 aromatic heterocycles. The molecule has 0 bridgehead atoms. The van der Waals surface area contributed by atoms with Crippen molar-refractivity contribution in [2.45, 2.75) is 46.1 Å². The summed E-state index contributed by atoms with van der Waals surface area (Å²) >= 11 is 0. The number of carboxylic acid groups (broad SMARTS) is 1. The minimum Gasteiger partial charge on any atom is -0.487 e. The third-order valence-corrected chi connectivity index (χ3v) is 5.09. The summed E-state index contributed by atoms with van der Waals surface area (Å²) in [6.07, 6.45) is -5.24. The molecule has 0 aliphatic heterocycles. The fourth-order valence-electron chi connectivity index (χ4n) is 3.35. The predicted octanol–water partition coefficient (Wildman–Crippen LogP) is 5.59. The number of alkyl halides is 3. The molecule has 1 atom stereocenters. The van der Waals surface area contributed by atoms with Crippen LogP contribution in [-0.2, 0) is 28.7 Å². The number of carboxylic acids is 1. The second-order valence-electron chi connectivity index (χ2n) is 7.43. The summed E-state index contributed by atoms with van der Waals surface area (Å²) in [7, 11) is 0. The van der Waals surface area contributed by atoms with Crippen LogP contribution in [0.1, 0.15) is 35.1 Å². The van der Waals surface area contributed by atoms with Crippen LogP contribution in [0.15, 0.2) is 46.9 Å². The van der Waals surface area contributed by atoms with E-state index in [0.717, 1.165) is 17.2 Å². The molecule has 2 aromatic carbocycles. The van der Waals surface area contributed by atoms with Crippen LogP contribution in [0.3, 0.4) is 0 Å². The Hall–Kier alpha value is -3.33. The Labute approximate surface area is 189 Å². The summed E-state index contributed by atoms with van der Waals surface area (Å²) in [6, 6.07) is 10.3. The molecular formula is C24H24F3NO5. The number of nitrogens with zero attached hydrogens (tertiary/aromatic N) is 1. The van der Waals surface area contributed by atoms with Crippen molar-refractivity contribution in [2.24, 2.45) is 0 Å². The number of rotatable bonds is 9.